The quantitative estimate of drug-likeness (QED) is 0.757. The molecular weight excluding hydrogens is 344 g/mol. The second-order valence-electron chi connectivity index (χ2n) is 4.74. The molecule has 124 valence electrons. The fourth-order valence-corrected chi connectivity index (χ4v) is 2.98. The zero-order valence-corrected chi connectivity index (χ0v) is 13.4. The molecule has 0 fully saturated rings. The molecule has 0 amide bonds. The molecule has 2 aromatic carbocycles. The van der Waals surface area contributed by atoms with Gasteiger partial charge in [-0.1, -0.05) is 24.3 Å². The fraction of sp³-hybridized carbons (Fsp3) is 0.143. The third-order valence-corrected chi connectivity index (χ3v) is 4.63. The van der Waals surface area contributed by atoms with E-state index in [0.717, 1.165) is 0 Å². The van der Waals surface area contributed by atoms with Crippen molar-refractivity contribution < 1.29 is 30.7 Å². The van der Waals surface area contributed by atoms with Crippen LogP contribution >= 0.6 is 0 Å². The Morgan fingerprint density at radius 3 is 1.48 bits per heavy atom. The van der Waals surface area contributed by atoms with Crippen molar-refractivity contribution in [3.8, 4) is 0 Å². The summed E-state index contributed by atoms with van der Waals surface area (Å²) in [4.78, 5) is -0.459. The van der Waals surface area contributed by atoms with Gasteiger partial charge in [-0.15, -0.1) is 0 Å². The maximum atomic E-state index is 11.0. The van der Waals surface area contributed by atoms with Crippen LogP contribution in [0.3, 0.4) is 0 Å². The van der Waals surface area contributed by atoms with Gasteiger partial charge in [0.05, 0.1) is 23.0 Å². The summed E-state index contributed by atoms with van der Waals surface area (Å²) in [7, 11) is -8.55. The summed E-state index contributed by atoms with van der Waals surface area (Å²) in [6, 6.07) is 11.3. The Morgan fingerprint density at radius 2 is 1.13 bits per heavy atom. The molecule has 0 aliphatic heterocycles. The first-order valence-corrected chi connectivity index (χ1v) is 9.25. The zero-order valence-electron chi connectivity index (χ0n) is 11.8. The lowest BCUT2D eigenvalue weighted by Gasteiger charge is -2.07. The van der Waals surface area contributed by atoms with E-state index in [-0.39, 0.29) is 23.0 Å². The Morgan fingerprint density at radius 1 is 0.739 bits per heavy atom. The Labute approximate surface area is 134 Å². The molecule has 7 nitrogen and oxygen atoms in total. The van der Waals surface area contributed by atoms with Crippen molar-refractivity contribution in [2.24, 2.45) is 0 Å². The van der Waals surface area contributed by atoms with E-state index in [9.17, 15) is 16.8 Å². The van der Waals surface area contributed by atoms with E-state index in [4.69, 9.17) is 13.8 Å². The van der Waals surface area contributed by atoms with Crippen LogP contribution in [-0.4, -0.2) is 25.9 Å². The molecule has 2 rings (SSSR count). The van der Waals surface area contributed by atoms with Crippen LogP contribution in [0.1, 0.15) is 11.1 Å². The number of hydrogen-bond acceptors (Lipinski definition) is 5. The van der Waals surface area contributed by atoms with E-state index in [2.05, 4.69) is 0 Å². The lowest BCUT2D eigenvalue weighted by atomic mass is 10.2. The third kappa shape index (κ3) is 5.12. The standard InChI is InChI=1S/C14H14O7S2/c15-22(16,17)13-5-1-3-11(7-13)9-21-10-12-4-2-6-14(8-12)23(18,19)20/h1-8H,9-10H2,(H,15,16,17)(H,18,19,20). The second kappa shape index (κ2) is 6.77. The van der Waals surface area contributed by atoms with Crippen LogP contribution in [0.4, 0.5) is 0 Å². The van der Waals surface area contributed by atoms with Crippen molar-refractivity contribution in [2.75, 3.05) is 0 Å². The minimum Gasteiger partial charge on any atom is -0.372 e. The highest BCUT2D eigenvalue weighted by Crippen LogP contribution is 2.15. The summed E-state index contributed by atoms with van der Waals surface area (Å²) < 4.78 is 67.5. The average molecular weight is 358 g/mol. The van der Waals surface area contributed by atoms with E-state index >= 15 is 0 Å². The molecule has 0 atom stereocenters. The van der Waals surface area contributed by atoms with E-state index in [1.165, 1.54) is 36.4 Å². The predicted octanol–water partition coefficient (Wildman–Crippen LogP) is 1.90. The second-order valence-corrected chi connectivity index (χ2v) is 7.58. The van der Waals surface area contributed by atoms with E-state index in [1.54, 1.807) is 12.1 Å². The highest BCUT2D eigenvalue weighted by Gasteiger charge is 2.11. The first-order chi connectivity index (χ1) is 10.7. The molecule has 0 aliphatic rings. The first kappa shape index (κ1) is 17.6. The number of ether oxygens (including phenoxy) is 1. The van der Waals surface area contributed by atoms with Crippen molar-refractivity contribution >= 4 is 20.2 Å². The van der Waals surface area contributed by atoms with E-state index in [1.807, 2.05) is 0 Å². The summed E-state index contributed by atoms with van der Waals surface area (Å²) in [6.07, 6.45) is 0. The Hall–Kier alpha value is -1.78. The molecule has 0 unspecified atom stereocenters. The normalized spacial score (nSPS) is 12.3. The highest BCUT2D eigenvalue weighted by molar-refractivity contribution is 7.86. The Bertz CT molecular complexity index is 827. The van der Waals surface area contributed by atoms with Gasteiger partial charge in [0.1, 0.15) is 0 Å². The molecule has 0 heterocycles. The highest BCUT2D eigenvalue weighted by atomic mass is 32.2. The smallest absolute Gasteiger partial charge is 0.294 e. The molecule has 0 aromatic heterocycles. The first-order valence-electron chi connectivity index (χ1n) is 6.37. The predicted molar refractivity (Wildman–Crippen MR) is 81.0 cm³/mol. The minimum atomic E-state index is -4.27. The van der Waals surface area contributed by atoms with Crippen LogP contribution in [0.2, 0.25) is 0 Å². The van der Waals surface area contributed by atoms with Crippen LogP contribution in [0.5, 0.6) is 0 Å². The van der Waals surface area contributed by atoms with Gasteiger partial charge in [0, 0.05) is 0 Å². The Kier molecular flexibility index (Phi) is 5.17. The average Bonchev–Trinajstić information content (AvgIpc) is 2.46. The lowest BCUT2D eigenvalue weighted by molar-refractivity contribution is 0.107. The number of hydrogen-bond donors (Lipinski definition) is 2. The topological polar surface area (TPSA) is 118 Å². The lowest BCUT2D eigenvalue weighted by Crippen LogP contribution is -2.01. The van der Waals surface area contributed by atoms with Gasteiger partial charge in [0.15, 0.2) is 0 Å². The van der Waals surface area contributed by atoms with Crippen LogP contribution in [0.15, 0.2) is 58.3 Å². The summed E-state index contributed by atoms with van der Waals surface area (Å²) in [6.45, 7) is 0.138. The van der Waals surface area contributed by atoms with Crippen molar-refractivity contribution in [3.63, 3.8) is 0 Å². The van der Waals surface area contributed by atoms with Crippen LogP contribution in [-0.2, 0) is 38.2 Å². The van der Waals surface area contributed by atoms with Gasteiger partial charge < -0.3 is 4.74 Å². The molecule has 2 N–H and O–H groups in total. The van der Waals surface area contributed by atoms with Gasteiger partial charge in [-0.05, 0) is 35.4 Å². The maximum absolute atomic E-state index is 11.0. The summed E-state index contributed by atoms with van der Waals surface area (Å²) in [5, 5.41) is 0. The molecule has 9 heteroatoms. The monoisotopic (exact) mass is 358 g/mol. The molecule has 23 heavy (non-hydrogen) atoms. The van der Waals surface area contributed by atoms with Gasteiger partial charge in [-0.2, -0.15) is 16.8 Å². The summed E-state index contributed by atoms with van der Waals surface area (Å²) in [5.41, 5.74) is 1.07. The SMILES string of the molecule is O=S(=O)(O)c1cccc(COCc2cccc(S(=O)(=O)O)c2)c1. The molecule has 0 aliphatic carbocycles. The van der Waals surface area contributed by atoms with Gasteiger partial charge in [-0.3, -0.25) is 9.11 Å². The third-order valence-electron chi connectivity index (χ3n) is 2.93. The van der Waals surface area contributed by atoms with Crippen LogP contribution < -0.4 is 0 Å². The zero-order chi connectivity index (χ0) is 17.1. The molecule has 2 aromatic rings. The molecule has 0 saturated heterocycles. The van der Waals surface area contributed by atoms with Crippen molar-refractivity contribution in [3.05, 3.63) is 59.7 Å². The van der Waals surface area contributed by atoms with Crippen molar-refractivity contribution in [1.82, 2.24) is 0 Å². The number of benzene rings is 2. The molecule has 0 saturated carbocycles. The van der Waals surface area contributed by atoms with Crippen molar-refractivity contribution in [1.29, 1.82) is 0 Å². The van der Waals surface area contributed by atoms with E-state index < -0.39 is 20.2 Å². The maximum Gasteiger partial charge on any atom is 0.294 e. The van der Waals surface area contributed by atoms with Crippen molar-refractivity contribution in [2.45, 2.75) is 23.0 Å². The van der Waals surface area contributed by atoms with Gasteiger partial charge in [-0.25, -0.2) is 0 Å². The van der Waals surface area contributed by atoms with Crippen LogP contribution in [0, 0.1) is 0 Å². The van der Waals surface area contributed by atoms with Gasteiger partial charge in [0.25, 0.3) is 20.2 Å². The number of rotatable bonds is 6. The minimum absolute atomic E-state index is 0.0689. The largest absolute Gasteiger partial charge is 0.372 e. The molecule has 0 radical (unpaired) electrons. The molecule has 0 spiro atoms. The van der Waals surface area contributed by atoms with Gasteiger partial charge >= 0.3 is 0 Å². The summed E-state index contributed by atoms with van der Waals surface area (Å²) in [5.74, 6) is 0. The van der Waals surface area contributed by atoms with E-state index in [0.29, 0.717) is 11.1 Å². The van der Waals surface area contributed by atoms with Gasteiger partial charge in [0.2, 0.25) is 0 Å². The molecule has 0 bridgehead atoms. The molecular formula is C14H14O7S2. The fourth-order valence-electron chi connectivity index (χ4n) is 1.88. The Balaban J connectivity index is 2.03. The van der Waals surface area contributed by atoms with Crippen LogP contribution in [0.25, 0.3) is 0 Å². The summed E-state index contributed by atoms with van der Waals surface area (Å²) >= 11 is 0.